The molecule has 1 atom stereocenters. The minimum Gasteiger partial charge on any atom is -0.455 e. The van der Waals surface area contributed by atoms with Crippen molar-refractivity contribution in [3.63, 3.8) is 0 Å². The summed E-state index contributed by atoms with van der Waals surface area (Å²) in [5.74, 6) is 2.24. The van der Waals surface area contributed by atoms with Crippen molar-refractivity contribution in [3.8, 4) is 45.0 Å². The van der Waals surface area contributed by atoms with Crippen LogP contribution in [0.4, 0.5) is 0 Å². The van der Waals surface area contributed by atoms with Gasteiger partial charge in [0.1, 0.15) is 17.0 Å². The number of nitrogens with zero attached hydrogens (tertiary/aromatic N) is 3. The molecule has 0 saturated carbocycles. The van der Waals surface area contributed by atoms with Gasteiger partial charge < -0.3 is 4.42 Å². The Morgan fingerprint density at radius 2 is 1.12 bits per heavy atom. The molecular weight excluding hydrogens is 623 g/mol. The average molecular weight is 654 g/mol. The van der Waals surface area contributed by atoms with Crippen molar-refractivity contribution in [2.75, 3.05) is 0 Å². The molecule has 0 bridgehead atoms. The van der Waals surface area contributed by atoms with Gasteiger partial charge in [-0.25, -0.2) is 15.0 Å². The predicted molar refractivity (Wildman–Crippen MR) is 209 cm³/mol. The third kappa shape index (κ3) is 4.95. The summed E-state index contributed by atoms with van der Waals surface area (Å²) in [6.45, 7) is 0. The van der Waals surface area contributed by atoms with E-state index in [2.05, 4.69) is 152 Å². The zero-order chi connectivity index (χ0) is 33.7. The number of benzene rings is 7. The van der Waals surface area contributed by atoms with Crippen molar-refractivity contribution >= 4 is 43.5 Å². The Kier molecular flexibility index (Phi) is 6.91. The molecule has 2 heterocycles. The first kappa shape index (κ1) is 29.3. The van der Waals surface area contributed by atoms with Crippen LogP contribution >= 0.6 is 0 Å². The molecule has 51 heavy (non-hydrogen) atoms. The molecule has 0 radical (unpaired) electrons. The van der Waals surface area contributed by atoms with E-state index in [1.54, 1.807) is 0 Å². The highest BCUT2D eigenvalue weighted by Crippen LogP contribution is 2.44. The van der Waals surface area contributed by atoms with Crippen LogP contribution in [0.15, 0.2) is 174 Å². The first-order valence-electron chi connectivity index (χ1n) is 17.4. The normalized spacial score (nSPS) is 14.2. The van der Waals surface area contributed by atoms with Crippen LogP contribution in [0, 0.1) is 0 Å². The number of para-hydroxylation sites is 1. The van der Waals surface area contributed by atoms with Gasteiger partial charge >= 0.3 is 0 Å². The second kappa shape index (κ2) is 12.0. The number of furan rings is 1. The van der Waals surface area contributed by atoms with E-state index in [9.17, 15) is 0 Å². The average Bonchev–Trinajstić information content (AvgIpc) is 3.60. The lowest BCUT2D eigenvalue weighted by Crippen LogP contribution is -2.08. The van der Waals surface area contributed by atoms with Gasteiger partial charge in [0.2, 0.25) is 0 Å². The van der Waals surface area contributed by atoms with Crippen LogP contribution < -0.4 is 0 Å². The highest BCUT2D eigenvalue weighted by molar-refractivity contribution is 6.19. The quantitative estimate of drug-likeness (QED) is 0.185. The largest absolute Gasteiger partial charge is 0.455 e. The number of hydrogen-bond donors (Lipinski definition) is 0. The molecule has 9 aromatic rings. The highest BCUT2D eigenvalue weighted by atomic mass is 16.3. The lowest BCUT2D eigenvalue weighted by atomic mass is 9.91. The van der Waals surface area contributed by atoms with E-state index in [0.717, 1.165) is 72.8 Å². The number of fused-ring (bicyclic) bond motifs is 5. The summed E-state index contributed by atoms with van der Waals surface area (Å²) in [6, 6.07) is 51.0. The fraction of sp³-hybridized carbons (Fsp3) is 0.0426. The second-order valence-corrected chi connectivity index (χ2v) is 13.1. The minimum atomic E-state index is 0.0930. The SMILES string of the molecule is C1=CCC(c2nc(-c3ccccc3)nc(-c3ccc(-c4cccc5oc6c(-c7cccc8ccccc78)cccc6c45)c4ccccc34)n2)C=C1. The van der Waals surface area contributed by atoms with Gasteiger partial charge in [-0.2, -0.15) is 0 Å². The van der Waals surface area contributed by atoms with Crippen molar-refractivity contribution in [2.45, 2.75) is 12.3 Å². The van der Waals surface area contributed by atoms with E-state index < -0.39 is 0 Å². The van der Waals surface area contributed by atoms with Crippen molar-refractivity contribution in [1.82, 2.24) is 15.0 Å². The zero-order valence-electron chi connectivity index (χ0n) is 27.7. The molecule has 7 aromatic carbocycles. The number of hydrogen-bond acceptors (Lipinski definition) is 4. The Morgan fingerprint density at radius 3 is 1.98 bits per heavy atom. The zero-order valence-corrected chi connectivity index (χ0v) is 27.7. The van der Waals surface area contributed by atoms with Crippen molar-refractivity contribution in [3.05, 3.63) is 176 Å². The van der Waals surface area contributed by atoms with Crippen LogP contribution in [0.3, 0.4) is 0 Å². The number of aromatic nitrogens is 3. The Morgan fingerprint density at radius 1 is 0.471 bits per heavy atom. The van der Waals surface area contributed by atoms with Crippen LogP contribution in [0.1, 0.15) is 18.2 Å². The van der Waals surface area contributed by atoms with E-state index in [4.69, 9.17) is 19.4 Å². The molecule has 1 aliphatic rings. The lowest BCUT2D eigenvalue weighted by molar-refractivity contribution is 0.670. The molecule has 1 aliphatic carbocycles. The van der Waals surface area contributed by atoms with Gasteiger partial charge in [-0.15, -0.1) is 0 Å². The van der Waals surface area contributed by atoms with E-state index in [-0.39, 0.29) is 5.92 Å². The minimum absolute atomic E-state index is 0.0930. The third-order valence-electron chi connectivity index (χ3n) is 10.1. The monoisotopic (exact) mass is 653 g/mol. The standard InChI is InChI=1S/C47H31N3O/c1-3-15-31(16-4-1)45-48-46(32-17-5-2-6-18-32)50-47(49-45)40-29-28-37(35-21-9-10-22-36(35)40)38-24-13-27-42-43(38)41-26-12-25-39(44(41)51-42)34-23-11-19-30-14-7-8-20-33(30)34/h1-17,19-29,32H,18H2. The van der Waals surface area contributed by atoms with Crippen LogP contribution in [0.2, 0.25) is 0 Å². The predicted octanol–water partition coefficient (Wildman–Crippen LogP) is 12.3. The summed E-state index contributed by atoms with van der Waals surface area (Å²) in [5, 5.41) is 6.85. The Labute approximate surface area is 295 Å². The van der Waals surface area contributed by atoms with Gasteiger partial charge in [0.15, 0.2) is 11.6 Å². The first-order chi connectivity index (χ1) is 25.3. The maximum atomic E-state index is 6.74. The van der Waals surface area contributed by atoms with Gasteiger partial charge in [-0.05, 0) is 56.8 Å². The molecule has 0 fully saturated rings. The molecule has 4 heteroatoms. The van der Waals surface area contributed by atoms with Gasteiger partial charge in [0, 0.05) is 33.4 Å². The summed E-state index contributed by atoms with van der Waals surface area (Å²) in [7, 11) is 0. The maximum absolute atomic E-state index is 6.74. The van der Waals surface area contributed by atoms with Crippen LogP contribution in [-0.2, 0) is 0 Å². The van der Waals surface area contributed by atoms with Crippen LogP contribution in [-0.4, -0.2) is 15.0 Å². The van der Waals surface area contributed by atoms with Crippen molar-refractivity contribution in [2.24, 2.45) is 0 Å². The number of allylic oxidation sites excluding steroid dienone is 4. The molecule has 0 spiro atoms. The summed E-state index contributed by atoms with van der Waals surface area (Å²) < 4.78 is 6.74. The molecule has 0 amide bonds. The molecule has 2 aromatic heterocycles. The highest BCUT2D eigenvalue weighted by Gasteiger charge is 2.21. The summed E-state index contributed by atoms with van der Waals surface area (Å²) in [6.07, 6.45) is 9.37. The van der Waals surface area contributed by atoms with Gasteiger partial charge in [-0.1, -0.05) is 158 Å². The maximum Gasteiger partial charge on any atom is 0.164 e. The van der Waals surface area contributed by atoms with E-state index >= 15 is 0 Å². The third-order valence-corrected chi connectivity index (χ3v) is 10.1. The van der Waals surface area contributed by atoms with Crippen molar-refractivity contribution < 1.29 is 4.42 Å². The molecule has 1 unspecified atom stereocenters. The Bertz CT molecular complexity index is 2840. The Balaban J connectivity index is 1.17. The topological polar surface area (TPSA) is 51.8 Å². The van der Waals surface area contributed by atoms with Gasteiger partial charge in [0.25, 0.3) is 0 Å². The molecule has 4 nitrogen and oxygen atoms in total. The smallest absolute Gasteiger partial charge is 0.164 e. The molecule has 0 aliphatic heterocycles. The number of rotatable bonds is 5. The van der Waals surface area contributed by atoms with Crippen LogP contribution in [0.25, 0.3) is 88.5 Å². The fourth-order valence-electron chi connectivity index (χ4n) is 7.64. The van der Waals surface area contributed by atoms with Crippen LogP contribution in [0.5, 0.6) is 0 Å². The Hall–Kier alpha value is -6.65. The second-order valence-electron chi connectivity index (χ2n) is 13.1. The fourth-order valence-corrected chi connectivity index (χ4v) is 7.64. The molecule has 0 N–H and O–H groups in total. The van der Waals surface area contributed by atoms with Crippen molar-refractivity contribution in [1.29, 1.82) is 0 Å². The molecule has 10 rings (SSSR count). The molecular formula is C47H31N3O. The summed E-state index contributed by atoms with van der Waals surface area (Å²) in [4.78, 5) is 15.2. The molecule has 0 saturated heterocycles. The summed E-state index contributed by atoms with van der Waals surface area (Å²) in [5.41, 5.74) is 8.24. The van der Waals surface area contributed by atoms with E-state index in [1.807, 2.05) is 18.2 Å². The summed E-state index contributed by atoms with van der Waals surface area (Å²) >= 11 is 0. The lowest BCUT2D eigenvalue weighted by Gasteiger charge is -2.16. The first-order valence-corrected chi connectivity index (χ1v) is 17.4. The van der Waals surface area contributed by atoms with Gasteiger partial charge in [-0.3, -0.25) is 0 Å². The van der Waals surface area contributed by atoms with E-state index in [0.29, 0.717) is 11.6 Å². The molecule has 240 valence electrons. The van der Waals surface area contributed by atoms with Gasteiger partial charge in [0.05, 0.1) is 0 Å². The van der Waals surface area contributed by atoms with E-state index in [1.165, 1.54) is 16.3 Å².